The van der Waals surface area contributed by atoms with Gasteiger partial charge in [-0.15, -0.1) is 0 Å². The maximum Gasteiger partial charge on any atom is 0.312 e. The second kappa shape index (κ2) is 15.3. The molecule has 0 fully saturated rings. The van der Waals surface area contributed by atoms with Crippen LogP contribution >= 0.6 is 0 Å². The number of unbranched alkanes of at least 4 members (excludes halogenated alkanes) is 2. The fourth-order valence-corrected chi connectivity index (χ4v) is 1.72. The second-order valence-electron chi connectivity index (χ2n) is 5.29. The smallest absolute Gasteiger partial charge is 0.312 e. The first-order chi connectivity index (χ1) is 12.0. The van der Waals surface area contributed by atoms with E-state index in [9.17, 15) is 19.2 Å². The SMILES string of the molecule is NCCCCOCCCCNC(=O)CC(=O)NCNC(=O)CC(=O)O. The van der Waals surface area contributed by atoms with Crippen LogP contribution in [0.25, 0.3) is 0 Å². The number of aliphatic carboxylic acids is 1. The van der Waals surface area contributed by atoms with E-state index in [1.165, 1.54) is 0 Å². The van der Waals surface area contributed by atoms with E-state index < -0.39 is 30.1 Å². The molecule has 0 atom stereocenters. The van der Waals surface area contributed by atoms with Crippen LogP contribution in [-0.4, -0.2) is 61.8 Å². The van der Waals surface area contributed by atoms with Gasteiger partial charge in [0.1, 0.15) is 12.8 Å². The molecule has 0 saturated carbocycles. The lowest BCUT2D eigenvalue weighted by molar-refractivity contribution is -0.140. The summed E-state index contributed by atoms with van der Waals surface area (Å²) in [4.78, 5) is 44.3. The van der Waals surface area contributed by atoms with Crippen molar-refractivity contribution in [3.63, 3.8) is 0 Å². The lowest BCUT2D eigenvalue weighted by Crippen LogP contribution is -2.40. The van der Waals surface area contributed by atoms with Crippen molar-refractivity contribution in [3.8, 4) is 0 Å². The molecule has 25 heavy (non-hydrogen) atoms. The molecule has 0 radical (unpaired) electrons. The van der Waals surface area contributed by atoms with Crippen molar-refractivity contribution in [2.75, 3.05) is 33.0 Å². The van der Waals surface area contributed by atoms with Crippen molar-refractivity contribution in [1.29, 1.82) is 0 Å². The molecule has 3 amide bonds. The Hall–Kier alpha value is -2.20. The minimum absolute atomic E-state index is 0.222. The average Bonchev–Trinajstić information content (AvgIpc) is 2.52. The molecule has 0 spiro atoms. The van der Waals surface area contributed by atoms with E-state index in [0.29, 0.717) is 26.3 Å². The molecule has 10 nitrogen and oxygen atoms in total. The van der Waals surface area contributed by atoms with Gasteiger partial charge < -0.3 is 31.5 Å². The summed E-state index contributed by atoms with van der Waals surface area (Å²) in [6.07, 6.45) is 2.41. The van der Waals surface area contributed by atoms with E-state index in [2.05, 4.69) is 16.0 Å². The van der Waals surface area contributed by atoms with Gasteiger partial charge in [0.25, 0.3) is 0 Å². The lowest BCUT2D eigenvalue weighted by Gasteiger charge is -2.08. The molecule has 6 N–H and O–H groups in total. The van der Waals surface area contributed by atoms with Crippen molar-refractivity contribution in [2.45, 2.75) is 38.5 Å². The zero-order chi connectivity index (χ0) is 18.9. The Kier molecular flexibility index (Phi) is 14.0. The van der Waals surface area contributed by atoms with Crippen LogP contribution in [0.15, 0.2) is 0 Å². The van der Waals surface area contributed by atoms with E-state index in [-0.39, 0.29) is 13.1 Å². The molecule has 0 aliphatic rings. The van der Waals surface area contributed by atoms with Gasteiger partial charge in [-0.25, -0.2) is 0 Å². The van der Waals surface area contributed by atoms with Gasteiger partial charge in [0.2, 0.25) is 17.7 Å². The van der Waals surface area contributed by atoms with Crippen LogP contribution in [0.3, 0.4) is 0 Å². The largest absolute Gasteiger partial charge is 0.481 e. The van der Waals surface area contributed by atoms with Crippen molar-refractivity contribution < 1.29 is 29.0 Å². The first-order valence-electron chi connectivity index (χ1n) is 8.25. The van der Waals surface area contributed by atoms with Crippen LogP contribution in [-0.2, 0) is 23.9 Å². The Bertz CT molecular complexity index is 430. The average molecular weight is 360 g/mol. The summed E-state index contributed by atoms with van der Waals surface area (Å²) in [6.45, 7) is 2.20. The van der Waals surface area contributed by atoms with Gasteiger partial charge in [0, 0.05) is 19.8 Å². The van der Waals surface area contributed by atoms with Gasteiger partial charge >= 0.3 is 5.97 Å². The molecule has 0 aromatic heterocycles. The van der Waals surface area contributed by atoms with Crippen molar-refractivity contribution in [1.82, 2.24) is 16.0 Å². The highest BCUT2D eigenvalue weighted by atomic mass is 16.5. The molecule has 0 aromatic carbocycles. The molecule has 10 heteroatoms. The number of carbonyl (C=O) groups excluding carboxylic acids is 3. The number of carboxylic acids is 1. The highest BCUT2D eigenvalue weighted by Crippen LogP contribution is 1.93. The summed E-state index contributed by atoms with van der Waals surface area (Å²) in [5.74, 6) is -2.96. The fraction of sp³-hybridized carbons (Fsp3) is 0.733. The highest BCUT2D eigenvalue weighted by Gasteiger charge is 2.10. The Balaban J connectivity index is 3.51. The minimum Gasteiger partial charge on any atom is -0.481 e. The molecule has 0 rings (SSSR count). The van der Waals surface area contributed by atoms with Gasteiger partial charge in [-0.05, 0) is 32.2 Å². The number of rotatable bonds is 15. The number of carbonyl (C=O) groups is 4. The third-order valence-corrected chi connectivity index (χ3v) is 2.98. The number of hydrogen-bond donors (Lipinski definition) is 5. The summed E-state index contributed by atoms with van der Waals surface area (Å²) in [7, 11) is 0. The standard InChI is InChI=1S/C15H28N4O6/c16-5-1-3-7-25-8-4-2-6-17-12(20)9-13(21)18-11-19-14(22)10-15(23)24/h1-11,16H2,(H,17,20)(H,18,21)(H,19,22)(H,23,24). The Labute approximate surface area is 146 Å². The first-order valence-corrected chi connectivity index (χ1v) is 8.25. The van der Waals surface area contributed by atoms with E-state index in [0.717, 1.165) is 25.7 Å². The zero-order valence-corrected chi connectivity index (χ0v) is 14.3. The van der Waals surface area contributed by atoms with E-state index in [4.69, 9.17) is 15.6 Å². The predicted molar refractivity (Wildman–Crippen MR) is 89.4 cm³/mol. The summed E-state index contributed by atoms with van der Waals surface area (Å²) < 4.78 is 5.39. The van der Waals surface area contributed by atoms with Crippen LogP contribution in [0, 0.1) is 0 Å². The monoisotopic (exact) mass is 360 g/mol. The van der Waals surface area contributed by atoms with E-state index >= 15 is 0 Å². The van der Waals surface area contributed by atoms with Crippen LogP contribution in [0.1, 0.15) is 38.5 Å². The Morgan fingerprint density at radius 2 is 1.36 bits per heavy atom. The van der Waals surface area contributed by atoms with Crippen LogP contribution < -0.4 is 21.7 Å². The van der Waals surface area contributed by atoms with Gasteiger partial charge in [-0.3, -0.25) is 19.2 Å². The van der Waals surface area contributed by atoms with Crippen LogP contribution in [0.4, 0.5) is 0 Å². The summed E-state index contributed by atoms with van der Waals surface area (Å²) in [6, 6.07) is 0. The summed E-state index contributed by atoms with van der Waals surface area (Å²) >= 11 is 0. The molecule has 0 saturated heterocycles. The molecule has 0 heterocycles. The quantitative estimate of drug-likeness (QED) is 0.138. The van der Waals surface area contributed by atoms with Crippen LogP contribution in [0.5, 0.6) is 0 Å². The molecular weight excluding hydrogens is 332 g/mol. The number of hydrogen-bond acceptors (Lipinski definition) is 6. The Morgan fingerprint density at radius 3 is 1.96 bits per heavy atom. The summed E-state index contributed by atoms with van der Waals surface area (Å²) in [5.41, 5.74) is 5.37. The molecule has 0 unspecified atom stereocenters. The normalized spacial score (nSPS) is 10.1. The first kappa shape index (κ1) is 22.8. The van der Waals surface area contributed by atoms with E-state index in [1.54, 1.807) is 0 Å². The predicted octanol–water partition coefficient (Wildman–Crippen LogP) is -1.31. The molecule has 0 aromatic rings. The maximum atomic E-state index is 11.5. The van der Waals surface area contributed by atoms with Crippen LogP contribution in [0.2, 0.25) is 0 Å². The molecule has 0 bridgehead atoms. The van der Waals surface area contributed by atoms with Crippen molar-refractivity contribution >= 4 is 23.7 Å². The number of carboxylic acid groups (broad SMARTS) is 1. The third kappa shape index (κ3) is 16.4. The topological polar surface area (TPSA) is 160 Å². The molecule has 144 valence electrons. The summed E-state index contributed by atoms with van der Waals surface area (Å²) in [5, 5.41) is 15.5. The van der Waals surface area contributed by atoms with Gasteiger partial charge in [0.05, 0.1) is 6.67 Å². The zero-order valence-electron chi connectivity index (χ0n) is 14.3. The minimum atomic E-state index is -1.26. The molecular formula is C15H28N4O6. The lowest BCUT2D eigenvalue weighted by atomic mass is 10.3. The number of nitrogens with two attached hydrogens (primary N) is 1. The van der Waals surface area contributed by atoms with Gasteiger partial charge in [0.15, 0.2) is 0 Å². The maximum absolute atomic E-state index is 11.5. The van der Waals surface area contributed by atoms with Gasteiger partial charge in [-0.1, -0.05) is 0 Å². The Morgan fingerprint density at radius 1 is 0.800 bits per heavy atom. The molecule has 0 aliphatic carbocycles. The number of nitrogens with one attached hydrogen (secondary N) is 3. The number of ether oxygens (including phenoxy) is 1. The number of amides is 3. The second-order valence-corrected chi connectivity index (χ2v) is 5.29. The van der Waals surface area contributed by atoms with Crippen molar-refractivity contribution in [2.24, 2.45) is 5.73 Å². The third-order valence-electron chi connectivity index (χ3n) is 2.98. The van der Waals surface area contributed by atoms with E-state index in [1.807, 2.05) is 0 Å². The van der Waals surface area contributed by atoms with Crippen molar-refractivity contribution in [3.05, 3.63) is 0 Å². The molecule has 0 aliphatic heterocycles. The fourth-order valence-electron chi connectivity index (χ4n) is 1.72. The van der Waals surface area contributed by atoms with Gasteiger partial charge in [-0.2, -0.15) is 0 Å². The highest BCUT2D eigenvalue weighted by molar-refractivity contribution is 5.97.